The molecule has 1 heterocycles. The summed E-state index contributed by atoms with van der Waals surface area (Å²) in [5.41, 5.74) is 0.419. The first kappa shape index (κ1) is 9.00. The Morgan fingerprint density at radius 3 is 3.08 bits per heavy atom. The number of hydrogen-bond donors (Lipinski definition) is 2. The van der Waals surface area contributed by atoms with E-state index < -0.39 is 5.97 Å². The molecule has 1 aromatic rings. The number of rotatable bonds is 3. The van der Waals surface area contributed by atoms with Crippen LogP contribution in [0.15, 0.2) is 12.4 Å². The number of anilines is 1. The third-order valence-electron chi connectivity index (χ3n) is 1.24. The molecule has 66 valence electrons. The fourth-order valence-corrected chi connectivity index (χ4v) is 0.699. The zero-order chi connectivity index (χ0) is 9.68. The number of nitrogens with one attached hydrogen (secondary N) is 1. The van der Waals surface area contributed by atoms with Gasteiger partial charge in [-0.1, -0.05) is 5.92 Å². The summed E-state index contributed by atoms with van der Waals surface area (Å²) in [5, 5.41) is 10.9. The summed E-state index contributed by atoms with van der Waals surface area (Å²) in [4.78, 5) is 17.7. The van der Waals surface area contributed by atoms with Gasteiger partial charge in [0.2, 0.25) is 0 Å². The third-order valence-corrected chi connectivity index (χ3v) is 1.24. The van der Waals surface area contributed by atoms with Gasteiger partial charge in [-0.2, -0.15) is 0 Å². The van der Waals surface area contributed by atoms with Crippen LogP contribution in [0, 0.1) is 12.3 Å². The molecule has 0 saturated heterocycles. The van der Waals surface area contributed by atoms with Gasteiger partial charge >= 0.3 is 5.97 Å². The number of terminal acetylenes is 1. The lowest BCUT2D eigenvalue weighted by Crippen LogP contribution is -2.13. The summed E-state index contributed by atoms with van der Waals surface area (Å²) < 4.78 is 0. The Morgan fingerprint density at radius 1 is 1.69 bits per heavy atom. The summed E-state index contributed by atoms with van der Waals surface area (Å²) in [5.74, 6) is 1.77. The molecule has 0 saturated carbocycles. The summed E-state index contributed by atoms with van der Waals surface area (Å²) >= 11 is 0. The van der Waals surface area contributed by atoms with Crippen molar-refractivity contribution in [1.82, 2.24) is 9.97 Å². The molecule has 0 radical (unpaired) electrons. The van der Waals surface area contributed by atoms with E-state index in [2.05, 4.69) is 21.2 Å². The topological polar surface area (TPSA) is 75.1 Å². The van der Waals surface area contributed by atoms with E-state index in [0.29, 0.717) is 11.5 Å². The highest BCUT2D eigenvalue weighted by molar-refractivity contribution is 5.72. The van der Waals surface area contributed by atoms with Crippen molar-refractivity contribution in [2.45, 2.75) is 0 Å². The highest BCUT2D eigenvalue weighted by atomic mass is 16.4. The van der Waals surface area contributed by atoms with Crippen LogP contribution in [-0.2, 0) is 4.79 Å². The van der Waals surface area contributed by atoms with Crippen LogP contribution < -0.4 is 5.32 Å². The monoisotopic (exact) mass is 177 g/mol. The number of carboxylic acid groups (broad SMARTS) is 1. The lowest BCUT2D eigenvalue weighted by atomic mass is 10.4. The fourth-order valence-electron chi connectivity index (χ4n) is 0.699. The maximum Gasteiger partial charge on any atom is 0.322 e. The molecule has 13 heavy (non-hydrogen) atoms. The molecule has 2 N–H and O–H groups in total. The summed E-state index contributed by atoms with van der Waals surface area (Å²) in [7, 11) is 0. The van der Waals surface area contributed by atoms with Gasteiger partial charge in [-0.3, -0.25) is 4.79 Å². The van der Waals surface area contributed by atoms with E-state index in [1.54, 1.807) is 0 Å². The highest BCUT2D eigenvalue weighted by Gasteiger charge is 1.98. The van der Waals surface area contributed by atoms with Crippen molar-refractivity contribution < 1.29 is 9.90 Å². The average molecular weight is 177 g/mol. The van der Waals surface area contributed by atoms with Gasteiger partial charge in [-0.15, -0.1) is 6.42 Å². The molecular weight excluding hydrogens is 170 g/mol. The fraction of sp³-hybridized carbons (Fsp3) is 0.125. The van der Waals surface area contributed by atoms with Gasteiger partial charge in [-0.05, 0) is 0 Å². The largest absolute Gasteiger partial charge is 0.480 e. The number of carboxylic acids is 1. The van der Waals surface area contributed by atoms with E-state index in [9.17, 15) is 4.79 Å². The minimum atomic E-state index is -0.958. The van der Waals surface area contributed by atoms with Gasteiger partial charge < -0.3 is 10.4 Å². The molecular formula is C8H7N3O2. The van der Waals surface area contributed by atoms with Crippen molar-refractivity contribution in [3.05, 3.63) is 18.1 Å². The molecule has 5 heteroatoms. The van der Waals surface area contributed by atoms with Crippen LogP contribution in [0.1, 0.15) is 5.69 Å². The van der Waals surface area contributed by atoms with Crippen molar-refractivity contribution in [3.8, 4) is 12.3 Å². The predicted octanol–water partition coefficient (Wildman–Crippen LogP) is -0.0456. The Bertz CT molecular complexity index is 357. The van der Waals surface area contributed by atoms with Gasteiger partial charge in [0, 0.05) is 6.07 Å². The Morgan fingerprint density at radius 2 is 2.46 bits per heavy atom. The van der Waals surface area contributed by atoms with Gasteiger partial charge in [0.1, 0.15) is 24.4 Å². The van der Waals surface area contributed by atoms with Crippen LogP contribution >= 0.6 is 0 Å². The van der Waals surface area contributed by atoms with Crippen molar-refractivity contribution in [1.29, 1.82) is 0 Å². The first-order valence-corrected chi connectivity index (χ1v) is 3.46. The van der Waals surface area contributed by atoms with Crippen molar-refractivity contribution in [2.24, 2.45) is 0 Å². The Balaban J connectivity index is 2.68. The Labute approximate surface area is 74.8 Å². The van der Waals surface area contributed by atoms with Gasteiger partial charge in [0.05, 0.1) is 0 Å². The molecule has 1 aromatic heterocycles. The van der Waals surface area contributed by atoms with Crippen molar-refractivity contribution >= 4 is 11.8 Å². The maximum atomic E-state index is 10.2. The third kappa shape index (κ3) is 2.79. The smallest absolute Gasteiger partial charge is 0.322 e. The maximum absolute atomic E-state index is 10.2. The number of aromatic nitrogens is 2. The summed E-state index contributed by atoms with van der Waals surface area (Å²) in [6, 6.07) is 1.50. The predicted molar refractivity (Wildman–Crippen MR) is 46.1 cm³/mol. The van der Waals surface area contributed by atoms with E-state index in [1.807, 2.05) is 0 Å². The molecule has 0 fully saturated rings. The van der Waals surface area contributed by atoms with Gasteiger partial charge in [-0.25, -0.2) is 9.97 Å². The molecule has 0 aliphatic rings. The van der Waals surface area contributed by atoms with Crippen LogP contribution in [0.4, 0.5) is 5.82 Å². The average Bonchev–Trinajstić information content (AvgIpc) is 2.15. The molecule has 1 rings (SSSR count). The lowest BCUT2D eigenvalue weighted by molar-refractivity contribution is -0.134. The molecule has 0 aliphatic heterocycles. The van der Waals surface area contributed by atoms with Gasteiger partial charge in [0.25, 0.3) is 0 Å². The van der Waals surface area contributed by atoms with Crippen molar-refractivity contribution in [2.75, 3.05) is 11.9 Å². The number of carbonyl (C=O) groups is 1. The van der Waals surface area contributed by atoms with Crippen LogP contribution in [-0.4, -0.2) is 27.6 Å². The second-order valence-corrected chi connectivity index (χ2v) is 2.18. The lowest BCUT2D eigenvalue weighted by Gasteiger charge is -2.00. The summed E-state index contributed by atoms with van der Waals surface area (Å²) in [6.45, 7) is -0.193. The minimum Gasteiger partial charge on any atom is -0.480 e. The first-order valence-electron chi connectivity index (χ1n) is 3.46. The number of aliphatic carboxylic acids is 1. The van der Waals surface area contributed by atoms with Gasteiger partial charge in [0.15, 0.2) is 0 Å². The summed E-state index contributed by atoms with van der Waals surface area (Å²) in [6.07, 6.45) is 6.37. The molecule has 0 amide bonds. The SMILES string of the molecule is C#Cc1cc(NCC(=O)O)ncn1. The number of hydrogen-bond acceptors (Lipinski definition) is 4. The molecule has 0 spiro atoms. The molecule has 0 unspecified atom stereocenters. The Kier molecular flexibility index (Phi) is 2.82. The quantitative estimate of drug-likeness (QED) is 0.633. The zero-order valence-corrected chi connectivity index (χ0v) is 6.69. The highest BCUT2D eigenvalue weighted by Crippen LogP contribution is 2.01. The Hall–Kier alpha value is -2.09. The van der Waals surface area contributed by atoms with Crippen LogP contribution in [0.25, 0.3) is 0 Å². The molecule has 0 atom stereocenters. The number of nitrogens with zero attached hydrogens (tertiary/aromatic N) is 2. The molecule has 0 aliphatic carbocycles. The molecule has 5 nitrogen and oxygen atoms in total. The first-order chi connectivity index (χ1) is 6.22. The zero-order valence-electron chi connectivity index (χ0n) is 6.69. The van der Waals surface area contributed by atoms with Crippen LogP contribution in [0.2, 0.25) is 0 Å². The molecule has 0 bridgehead atoms. The minimum absolute atomic E-state index is 0.193. The van der Waals surface area contributed by atoms with E-state index in [1.165, 1.54) is 12.4 Å². The van der Waals surface area contributed by atoms with E-state index in [0.717, 1.165) is 0 Å². The van der Waals surface area contributed by atoms with Crippen LogP contribution in [0.3, 0.4) is 0 Å². The molecule has 0 aromatic carbocycles. The second-order valence-electron chi connectivity index (χ2n) is 2.18. The van der Waals surface area contributed by atoms with E-state index in [-0.39, 0.29) is 6.54 Å². The van der Waals surface area contributed by atoms with Crippen molar-refractivity contribution in [3.63, 3.8) is 0 Å². The van der Waals surface area contributed by atoms with Crippen LogP contribution in [0.5, 0.6) is 0 Å². The van der Waals surface area contributed by atoms with E-state index in [4.69, 9.17) is 11.5 Å². The second kappa shape index (κ2) is 4.07. The normalized spacial score (nSPS) is 8.85. The van der Waals surface area contributed by atoms with E-state index >= 15 is 0 Å². The standard InChI is InChI=1S/C8H7N3O2/c1-2-6-3-7(11-5-10-6)9-4-8(12)13/h1,3,5H,4H2,(H,12,13)(H,9,10,11).